The summed E-state index contributed by atoms with van der Waals surface area (Å²) >= 11 is 5.86. The van der Waals surface area contributed by atoms with Crippen molar-refractivity contribution >= 4 is 34.7 Å². The van der Waals surface area contributed by atoms with Gasteiger partial charge in [-0.1, -0.05) is 29.8 Å². The predicted molar refractivity (Wildman–Crippen MR) is 112 cm³/mol. The fourth-order valence-electron chi connectivity index (χ4n) is 3.16. The van der Waals surface area contributed by atoms with Gasteiger partial charge in [0.15, 0.2) is 0 Å². The fourth-order valence-corrected chi connectivity index (χ4v) is 3.29. The SMILES string of the molecule is O=C(Nc1ccc(Cl)cc1)c1cnc(N2CCN(c3ccccc3)CC2)cn1. The Balaban J connectivity index is 1.36. The molecule has 0 aliphatic carbocycles. The Bertz CT molecular complexity index is 923. The van der Waals surface area contributed by atoms with E-state index in [1.165, 1.54) is 11.9 Å². The molecule has 1 fully saturated rings. The van der Waals surface area contributed by atoms with E-state index in [9.17, 15) is 4.79 Å². The van der Waals surface area contributed by atoms with Gasteiger partial charge in [0.1, 0.15) is 11.5 Å². The van der Waals surface area contributed by atoms with E-state index >= 15 is 0 Å². The molecule has 0 atom stereocenters. The monoisotopic (exact) mass is 393 g/mol. The lowest BCUT2D eigenvalue weighted by molar-refractivity contribution is 0.102. The molecule has 1 aliphatic rings. The molecule has 28 heavy (non-hydrogen) atoms. The van der Waals surface area contributed by atoms with Crippen LogP contribution in [0, 0.1) is 0 Å². The number of benzene rings is 2. The number of piperazine rings is 1. The molecule has 7 heteroatoms. The highest BCUT2D eigenvalue weighted by atomic mass is 35.5. The highest BCUT2D eigenvalue weighted by molar-refractivity contribution is 6.30. The lowest BCUT2D eigenvalue weighted by atomic mass is 10.2. The molecular formula is C21H20ClN5O. The second kappa shape index (κ2) is 8.27. The van der Waals surface area contributed by atoms with Gasteiger partial charge < -0.3 is 15.1 Å². The zero-order valence-corrected chi connectivity index (χ0v) is 16.0. The van der Waals surface area contributed by atoms with Gasteiger partial charge in [0.25, 0.3) is 5.91 Å². The largest absolute Gasteiger partial charge is 0.368 e. The molecule has 0 radical (unpaired) electrons. The van der Waals surface area contributed by atoms with Crippen LogP contribution in [-0.4, -0.2) is 42.1 Å². The highest BCUT2D eigenvalue weighted by Gasteiger charge is 2.19. The summed E-state index contributed by atoms with van der Waals surface area (Å²) in [7, 11) is 0. The van der Waals surface area contributed by atoms with Crippen molar-refractivity contribution in [1.82, 2.24) is 9.97 Å². The molecule has 1 amide bonds. The highest BCUT2D eigenvalue weighted by Crippen LogP contribution is 2.19. The lowest BCUT2D eigenvalue weighted by Crippen LogP contribution is -2.46. The van der Waals surface area contributed by atoms with Gasteiger partial charge in [-0.2, -0.15) is 0 Å². The average molecular weight is 394 g/mol. The molecule has 2 heterocycles. The Morgan fingerprint density at radius 3 is 2.18 bits per heavy atom. The van der Waals surface area contributed by atoms with Crippen LogP contribution < -0.4 is 15.1 Å². The summed E-state index contributed by atoms with van der Waals surface area (Å²) < 4.78 is 0. The van der Waals surface area contributed by atoms with Crippen molar-refractivity contribution < 1.29 is 4.79 Å². The van der Waals surface area contributed by atoms with E-state index in [0.29, 0.717) is 10.7 Å². The molecule has 0 bridgehead atoms. The Morgan fingerprint density at radius 1 is 0.857 bits per heavy atom. The van der Waals surface area contributed by atoms with Gasteiger partial charge in [-0.15, -0.1) is 0 Å². The number of anilines is 3. The van der Waals surface area contributed by atoms with Crippen LogP contribution in [0.3, 0.4) is 0 Å². The van der Waals surface area contributed by atoms with Gasteiger partial charge >= 0.3 is 0 Å². The van der Waals surface area contributed by atoms with Crippen molar-refractivity contribution in [2.45, 2.75) is 0 Å². The molecule has 0 saturated carbocycles. The summed E-state index contributed by atoms with van der Waals surface area (Å²) in [5.41, 5.74) is 2.18. The number of nitrogens with one attached hydrogen (secondary N) is 1. The molecule has 1 aliphatic heterocycles. The average Bonchev–Trinajstić information content (AvgIpc) is 2.76. The Hall–Kier alpha value is -3.12. The van der Waals surface area contributed by atoms with Crippen LogP contribution in [0.25, 0.3) is 0 Å². The first kappa shape index (κ1) is 18.3. The van der Waals surface area contributed by atoms with E-state index in [1.54, 1.807) is 30.5 Å². The van der Waals surface area contributed by atoms with E-state index < -0.39 is 0 Å². The number of amides is 1. The second-order valence-electron chi connectivity index (χ2n) is 6.53. The Kier molecular flexibility index (Phi) is 5.39. The number of para-hydroxylation sites is 1. The summed E-state index contributed by atoms with van der Waals surface area (Å²) in [6.45, 7) is 3.56. The fraction of sp³-hybridized carbons (Fsp3) is 0.190. The molecular weight excluding hydrogens is 374 g/mol. The molecule has 0 unspecified atom stereocenters. The third-order valence-electron chi connectivity index (χ3n) is 4.70. The third kappa shape index (κ3) is 4.23. The first-order valence-corrected chi connectivity index (χ1v) is 9.51. The standard InChI is InChI=1S/C21H20ClN5O/c22-16-6-8-17(9-7-16)25-21(28)19-14-24-20(15-23-19)27-12-10-26(11-13-27)18-4-2-1-3-5-18/h1-9,14-15H,10-13H2,(H,25,28). The normalized spacial score (nSPS) is 14.0. The maximum Gasteiger partial charge on any atom is 0.275 e. The Morgan fingerprint density at radius 2 is 1.54 bits per heavy atom. The molecule has 3 aromatic rings. The molecule has 6 nitrogen and oxygen atoms in total. The minimum absolute atomic E-state index is 0.279. The van der Waals surface area contributed by atoms with Crippen LogP contribution in [0.1, 0.15) is 10.5 Å². The number of nitrogens with zero attached hydrogens (tertiary/aromatic N) is 4. The topological polar surface area (TPSA) is 61.4 Å². The summed E-state index contributed by atoms with van der Waals surface area (Å²) in [6.07, 6.45) is 3.18. The van der Waals surface area contributed by atoms with E-state index in [1.807, 2.05) is 6.07 Å². The number of carbonyl (C=O) groups is 1. The number of aromatic nitrogens is 2. The van der Waals surface area contributed by atoms with Crippen molar-refractivity contribution in [3.05, 3.63) is 77.7 Å². The summed E-state index contributed by atoms with van der Waals surface area (Å²) in [6, 6.07) is 17.3. The first-order chi connectivity index (χ1) is 13.7. The van der Waals surface area contributed by atoms with E-state index in [0.717, 1.165) is 32.0 Å². The molecule has 4 rings (SSSR count). The summed E-state index contributed by atoms with van der Waals surface area (Å²) in [5.74, 6) is 0.492. The van der Waals surface area contributed by atoms with Crippen molar-refractivity contribution in [1.29, 1.82) is 0 Å². The number of hydrogen-bond acceptors (Lipinski definition) is 5. The maximum atomic E-state index is 12.3. The smallest absolute Gasteiger partial charge is 0.275 e. The van der Waals surface area contributed by atoms with Gasteiger partial charge in [0.2, 0.25) is 0 Å². The van der Waals surface area contributed by atoms with Gasteiger partial charge in [-0.05, 0) is 36.4 Å². The van der Waals surface area contributed by atoms with E-state index in [4.69, 9.17) is 11.6 Å². The molecule has 142 valence electrons. The number of hydrogen-bond donors (Lipinski definition) is 1. The van der Waals surface area contributed by atoms with Gasteiger partial charge in [0, 0.05) is 42.6 Å². The van der Waals surface area contributed by atoms with Gasteiger partial charge in [0.05, 0.1) is 12.4 Å². The maximum absolute atomic E-state index is 12.3. The Labute approximate surface area is 168 Å². The van der Waals surface area contributed by atoms with Crippen molar-refractivity contribution in [2.24, 2.45) is 0 Å². The van der Waals surface area contributed by atoms with Crippen LogP contribution in [0.15, 0.2) is 67.0 Å². The van der Waals surface area contributed by atoms with Crippen molar-refractivity contribution in [3.8, 4) is 0 Å². The zero-order chi connectivity index (χ0) is 19.3. The minimum atomic E-state index is -0.296. The van der Waals surface area contributed by atoms with Crippen LogP contribution in [-0.2, 0) is 0 Å². The molecule has 1 N–H and O–H groups in total. The number of carbonyl (C=O) groups excluding carboxylic acids is 1. The molecule has 1 aromatic heterocycles. The van der Waals surface area contributed by atoms with E-state index in [-0.39, 0.29) is 11.6 Å². The van der Waals surface area contributed by atoms with Gasteiger partial charge in [-0.3, -0.25) is 4.79 Å². The lowest BCUT2D eigenvalue weighted by Gasteiger charge is -2.36. The van der Waals surface area contributed by atoms with E-state index in [2.05, 4.69) is 49.4 Å². The first-order valence-electron chi connectivity index (χ1n) is 9.13. The van der Waals surface area contributed by atoms with Gasteiger partial charge in [-0.25, -0.2) is 9.97 Å². The molecule has 1 saturated heterocycles. The zero-order valence-electron chi connectivity index (χ0n) is 15.3. The number of rotatable bonds is 4. The van der Waals surface area contributed by atoms with Crippen LogP contribution in [0.2, 0.25) is 5.02 Å². The number of halogens is 1. The van der Waals surface area contributed by atoms with Crippen LogP contribution in [0.5, 0.6) is 0 Å². The molecule has 2 aromatic carbocycles. The summed E-state index contributed by atoms with van der Waals surface area (Å²) in [4.78, 5) is 25.6. The van der Waals surface area contributed by atoms with Crippen LogP contribution in [0.4, 0.5) is 17.2 Å². The van der Waals surface area contributed by atoms with Crippen molar-refractivity contribution in [2.75, 3.05) is 41.3 Å². The third-order valence-corrected chi connectivity index (χ3v) is 4.95. The minimum Gasteiger partial charge on any atom is -0.368 e. The predicted octanol–water partition coefficient (Wildman–Crippen LogP) is 3.71. The summed E-state index contributed by atoms with van der Waals surface area (Å²) in [5, 5.41) is 3.41. The van der Waals surface area contributed by atoms with Crippen molar-refractivity contribution in [3.63, 3.8) is 0 Å². The second-order valence-corrected chi connectivity index (χ2v) is 6.97. The molecule has 0 spiro atoms. The van der Waals surface area contributed by atoms with Crippen LogP contribution >= 0.6 is 11.6 Å². The quantitative estimate of drug-likeness (QED) is 0.732.